The van der Waals surface area contributed by atoms with E-state index < -0.39 is 0 Å². The molecule has 1 fully saturated rings. The fraction of sp³-hybridized carbons (Fsp3) is 0.529. The second-order valence-corrected chi connectivity index (χ2v) is 6.72. The summed E-state index contributed by atoms with van der Waals surface area (Å²) in [5.41, 5.74) is 1.08. The highest BCUT2D eigenvalue weighted by Crippen LogP contribution is 2.19. The van der Waals surface area contributed by atoms with E-state index in [0.717, 1.165) is 44.0 Å². The first-order chi connectivity index (χ1) is 11.5. The number of guanidine groups is 1. The molecule has 1 aromatic rings. The van der Waals surface area contributed by atoms with Crippen molar-refractivity contribution in [3.05, 3.63) is 33.8 Å². The molecule has 1 atom stereocenters. The lowest BCUT2D eigenvalue weighted by atomic mass is 10.1. The van der Waals surface area contributed by atoms with Gasteiger partial charge in [0.25, 0.3) is 0 Å². The molecule has 0 saturated carbocycles. The molecule has 1 amide bonds. The Morgan fingerprint density at radius 1 is 1.32 bits per heavy atom. The third-order valence-electron chi connectivity index (χ3n) is 4.04. The van der Waals surface area contributed by atoms with Crippen LogP contribution in [0.4, 0.5) is 0 Å². The van der Waals surface area contributed by atoms with Gasteiger partial charge in [-0.25, -0.2) is 0 Å². The molecule has 25 heavy (non-hydrogen) atoms. The summed E-state index contributed by atoms with van der Waals surface area (Å²) in [5.74, 6) is 0.957. The zero-order chi connectivity index (χ0) is 17.5. The van der Waals surface area contributed by atoms with E-state index in [2.05, 4.69) is 15.6 Å². The van der Waals surface area contributed by atoms with Gasteiger partial charge < -0.3 is 15.5 Å². The zero-order valence-electron chi connectivity index (χ0n) is 14.5. The maximum atomic E-state index is 11.7. The fourth-order valence-electron chi connectivity index (χ4n) is 2.80. The molecule has 1 heterocycles. The lowest BCUT2D eigenvalue weighted by Gasteiger charge is -2.18. The molecule has 2 N–H and O–H groups in total. The predicted octanol–water partition coefficient (Wildman–Crippen LogP) is 3.33. The Kier molecular flexibility index (Phi) is 9.89. The third kappa shape index (κ3) is 7.19. The molecule has 0 radical (unpaired) electrons. The van der Waals surface area contributed by atoms with Gasteiger partial charge in [-0.05, 0) is 36.6 Å². The van der Waals surface area contributed by atoms with E-state index in [1.165, 1.54) is 0 Å². The zero-order valence-corrected chi connectivity index (χ0v) is 18.4. The van der Waals surface area contributed by atoms with Crippen molar-refractivity contribution in [3.8, 4) is 0 Å². The number of rotatable bonds is 5. The minimum absolute atomic E-state index is 0. The number of likely N-dealkylation sites (tertiary alicyclic amines) is 1. The van der Waals surface area contributed by atoms with Crippen LogP contribution in [0, 0.1) is 0 Å². The summed E-state index contributed by atoms with van der Waals surface area (Å²) < 4.78 is 0. The molecule has 8 heteroatoms. The van der Waals surface area contributed by atoms with Crippen molar-refractivity contribution in [2.75, 3.05) is 26.7 Å². The summed E-state index contributed by atoms with van der Waals surface area (Å²) in [7, 11) is 1.75. The van der Waals surface area contributed by atoms with Crippen LogP contribution in [0.15, 0.2) is 23.2 Å². The van der Waals surface area contributed by atoms with Gasteiger partial charge in [0.1, 0.15) is 0 Å². The van der Waals surface area contributed by atoms with Gasteiger partial charge in [0.05, 0.1) is 0 Å². The van der Waals surface area contributed by atoms with E-state index >= 15 is 0 Å². The summed E-state index contributed by atoms with van der Waals surface area (Å²) in [6, 6.07) is 5.80. The van der Waals surface area contributed by atoms with Gasteiger partial charge in [0.15, 0.2) is 5.96 Å². The number of benzene rings is 1. The number of halogens is 3. The van der Waals surface area contributed by atoms with Crippen LogP contribution in [0.3, 0.4) is 0 Å². The number of nitrogens with zero attached hydrogens (tertiary/aromatic N) is 2. The Balaban J connectivity index is 0.00000312. The molecular weight excluding hydrogens is 474 g/mol. The van der Waals surface area contributed by atoms with Crippen LogP contribution >= 0.6 is 47.2 Å². The maximum absolute atomic E-state index is 11.7. The van der Waals surface area contributed by atoms with Gasteiger partial charge in [0.2, 0.25) is 5.91 Å². The Labute approximate surface area is 176 Å². The molecule has 5 nitrogen and oxygen atoms in total. The molecule has 1 aromatic carbocycles. The van der Waals surface area contributed by atoms with Crippen LogP contribution in [0.1, 0.15) is 25.3 Å². The highest BCUT2D eigenvalue weighted by Gasteiger charge is 2.25. The number of hydrogen-bond acceptors (Lipinski definition) is 2. The van der Waals surface area contributed by atoms with E-state index in [9.17, 15) is 4.79 Å². The molecule has 1 saturated heterocycles. The molecule has 1 aliphatic heterocycles. The quantitative estimate of drug-likeness (QED) is 0.372. The summed E-state index contributed by atoms with van der Waals surface area (Å²) >= 11 is 12.0. The minimum Gasteiger partial charge on any atom is -0.356 e. The summed E-state index contributed by atoms with van der Waals surface area (Å²) in [6.07, 6.45) is 2.30. The number of nitrogens with one attached hydrogen (secondary N) is 2. The van der Waals surface area contributed by atoms with Crippen LogP contribution in [-0.4, -0.2) is 49.5 Å². The third-order valence-corrected chi connectivity index (χ3v) is 4.47. The molecular formula is C17H25Cl2IN4O. The van der Waals surface area contributed by atoms with Crippen LogP contribution in [-0.2, 0) is 11.2 Å². The van der Waals surface area contributed by atoms with E-state index in [-0.39, 0.29) is 35.9 Å². The average molecular weight is 499 g/mol. The Bertz CT molecular complexity index is 592. The van der Waals surface area contributed by atoms with Crippen molar-refractivity contribution < 1.29 is 4.79 Å². The van der Waals surface area contributed by atoms with Crippen LogP contribution in [0.5, 0.6) is 0 Å². The lowest BCUT2D eigenvalue weighted by Crippen LogP contribution is -2.45. The molecule has 0 spiro atoms. The number of hydrogen-bond donors (Lipinski definition) is 2. The van der Waals surface area contributed by atoms with Crippen LogP contribution in [0.25, 0.3) is 0 Å². The number of amides is 1. The van der Waals surface area contributed by atoms with Gasteiger partial charge in [0, 0.05) is 49.2 Å². The van der Waals surface area contributed by atoms with Gasteiger partial charge in [-0.1, -0.05) is 30.1 Å². The maximum Gasteiger partial charge on any atom is 0.222 e. The van der Waals surface area contributed by atoms with E-state index in [1.54, 1.807) is 13.1 Å². The monoisotopic (exact) mass is 498 g/mol. The van der Waals surface area contributed by atoms with Gasteiger partial charge in [-0.15, -0.1) is 24.0 Å². The fourth-order valence-corrected chi connectivity index (χ4v) is 3.37. The average Bonchev–Trinajstić information content (AvgIpc) is 3.00. The largest absolute Gasteiger partial charge is 0.356 e. The van der Waals surface area contributed by atoms with Crippen molar-refractivity contribution in [2.24, 2.45) is 4.99 Å². The molecule has 1 unspecified atom stereocenters. The van der Waals surface area contributed by atoms with Gasteiger partial charge in [-0.3, -0.25) is 9.79 Å². The minimum atomic E-state index is 0. The molecule has 0 bridgehead atoms. The smallest absolute Gasteiger partial charge is 0.222 e. The standard InChI is InChI=1S/C17H24Cl2N4O.HI/c1-3-16(24)23-7-5-15(11-23)22-17(20-2)21-6-4-12-8-13(18)10-14(19)9-12;/h8-10,15H,3-7,11H2,1-2H3,(H2,20,21,22);1H. The number of aliphatic imine (C=N–C) groups is 1. The van der Waals surface area contributed by atoms with Gasteiger partial charge >= 0.3 is 0 Å². The first-order valence-corrected chi connectivity index (χ1v) is 8.97. The van der Waals surface area contributed by atoms with Crippen molar-refractivity contribution in [3.63, 3.8) is 0 Å². The summed E-state index contributed by atoms with van der Waals surface area (Å²) in [4.78, 5) is 17.9. The Hall–Kier alpha value is -0.730. The number of carbonyl (C=O) groups excluding carboxylic acids is 1. The Morgan fingerprint density at radius 3 is 2.60 bits per heavy atom. The van der Waals surface area contributed by atoms with Crippen molar-refractivity contribution in [1.29, 1.82) is 0 Å². The van der Waals surface area contributed by atoms with E-state index in [4.69, 9.17) is 23.2 Å². The van der Waals surface area contributed by atoms with Gasteiger partial charge in [-0.2, -0.15) is 0 Å². The topological polar surface area (TPSA) is 56.7 Å². The molecule has 2 rings (SSSR count). The molecule has 1 aliphatic rings. The normalized spacial score (nSPS) is 17.2. The van der Waals surface area contributed by atoms with Crippen molar-refractivity contribution >= 4 is 59.0 Å². The lowest BCUT2D eigenvalue weighted by molar-refractivity contribution is -0.129. The summed E-state index contributed by atoms with van der Waals surface area (Å²) in [6.45, 7) is 4.16. The van der Waals surface area contributed by atoms with E-state index in [1.807, 2.05) is 24.0 Å². The van der Waals surface area contributed by atoms with E-state index in [0.29, 0.717) is 16.5 Å². The second-order valence-electron chi connectivity index (χ2n) is 5.85. The van der Waals surface area contributed by atoms with Crippen molar-refractivity contribution in [2.45, 2.75) is 32.2 Å². The number of carbonyl (C=O) groups is 1. The first kappa shape index (κ1) is 22.3. The Morgan fingerprint density at radius 2 is 2.00 bits per heavy atom. The molecule has 0 aromatic heterocycles. The molecule has 140 valence electrons. The first-order valence-electron chi connectivity index (χ1n) is 8.21. The SMILES string of the molecule is CCC(=O)N1CCC(NC(=NC)NCCc2cc(Cl)cc(Cl)c2)C1.I. The second kappa shape index (κ2) is 11.1. The highest BCUT2D eigenvalue weighted by molar-refractivity contribution is 14.0. The summed E-state index contributed by atoms with van der Waals surface area (Å²) in [5, 5.41) is 7.96. The molecule has 0 aliphatic carbocycles. The van der Waals surface area contributed by atoms with Crippen LogP contribution < -0.4 is 10.6 Å². The van der Waals surface area contributed by atoms with Crippen molar-refractivity contribution in [1.82, 2.24) is 15.5 Å². The predicted molar refractivity (Wildman–Crippen MR) is 115 cm³/mol. The highest BCUT2D eigenvalue weighted by atomic mass is 127. The van der Waals surface area contributed by atoms with Crippen LogP contribution in [0.2, 0.25) is 10.0 Å².